The number of rotatable bonds is 6. The summed E-state index contributed by atoms with van der Waals surface area (Å²) in [7, 11) is 1.23. The molecule has 0 radical (unpaired) electrons. The third kappa shape index (κ3) is 5.54. The number of benzene rings is 1. The molecule has 1 rings (SSSR count). The number of hydrogen-bond acceptors (Lipinski definition) is 6. The minimum Gasteiger partial charge on any atom is -0.454 e. The summed E-state index contributed by atoms with van der Waals surface area (Å²) in [6.45, 7) is -1.16. The second-order valence-electron chi connectivity index (χ2n) is 4.13. The minimum atomic E-state index is -4.76. The van der Waals surface area contributed by atoms with Gasteiger partial charge in [0.2, 0.25) is 0 Å². The molecule has 0 aromatic heterocycles. The smallest absolute Gasteiger partial charge is 0.416 e. The third-order valence-electron chi connectivity index (χ3n) is 2.42. The fourth-order valence-corrected chi connectivity index (χ4v) is 1.46. The molecule has 1 N–H and O–H groups in total. The molecule has 0 heterocycles. The monoisotopic (exact) mass is 336 g/mol. The van der Waals surface area contributed by atoms with Crippen LogP contribution in [-0.4, -0.2) is 37.1 Å². The average Bonchev–Trinajstić information content (AvgIpc) is 2.44. The molecule has 0 aliphatic carbocycles. The number of alkyl halides is 3. The standard InChI is InChI=1S/C12H11F3N2O6/c1-22-6-11(19)23-5-10(18)16-8-3-2-7(12(13,14)15)4-9(8)17(20)21/h2-4H,5-6H2,1H3,(H,16,18). The molecule has 1 aromatic rings. The Balaban J connectivity index is 2.85. The highest BCUT2D eigenvalue weighted by atomic mass is 19.4. The first-order valence-corrected chi connectivity index (χ1v) is 5.95. The van der Waals surface area contributed by atoms with Gasteiger partial charge in [0.05, 0.1) is 10.5 Å². The number of nitro benzene ring substituents is 1. The highest BCUT2D eigenvalue weighted by Gasteiger charge is 2.33. The lowest BCUT2D eigenvalue weighted by Crippen LogP contribution is -2.23. The second-order valence-corrected chi connectivity index (χ2v) is 4.13. The zero-order valence-corrected chi connectivity index (χ0v) is 11.7. The minimum absolute atomic E-state index is 0.298. The maximum absolute atomic E-state index is 12.5. The summed E-state index contributed by atoms with van der Waals surface area (Å²) in [6.07, 6.45) is -4.76. The van der Waals surface area contributed by atoms with Gasteiger partial charge in [-0.15, -0.1) is 0 Å². The van der Waals surface area contributed by atoms with Gasteiger partial charge < -0.3 is 14.8 Å². The van der Waals surface area contributed by atoms with Crippen molar-refractivity contribution in [3.05, 3.63) is 33.9 Å². The van der Waals surface area contributed by atoms with Crippen molar-refractivity contribution in [1.82, 2.24) is 0 Å². The topological polar surface area (TPSA) is 108 Å². The van der Waals surface area contributed by atoms with Crippen molar-refractivity contribution >= 4 is 23.3 Å². The quantitative estimate of drug-likeness (QED) is 0.482. The van der Waals surface area contributed by atoms with E-state index in [2.05, 4.69) is 9.47 Å². The van der Waals surface area contributed by atoms with Gasteiger partial charge in [0.25, 0.3) is 11.6 Å². The van der Waals surface area contributed by atoms with E-state index in [0.717, 1.165) is 6.07 Å². The van der Waals surface area contributed by atoms with Gasteiger partial charge >= 0.3 is 12.1 Å². The van der Waals surface area contributed by atoms with Gasteiger partial charge in [0.15, 0.2) is 6.61 Å². The lowest BCUT2D eigenvalue weighted by atomic mass is 10.1. The molecule has 1 aromatic carbocycles. The predicted octanol–water partition coefficient (Wildman–Crippen LogP) is 1.74. The third-order valence-corrected chi connectivity index (χ3v) is 2.42. The van der Waals surface area contributed by atoms with Crippen LogP contribution in [0.2, 0.25) is 0 Å². The lowest BCUT2D eigenvalue weighted by molar-refractivity contribution is -0.384. The first kappa shape index (κ1) is 18.4. The van der Waals surface area contributed by atoms with Crippen molar-refractivity contribution in [1.29, 1.82) is 0 Å². The second kappa shape index (κ2) is 7.54. The van der Waals surface area contributed by atoms with Crippen LogP contribution in [0.5, 0.6) is 0 Å². The van der Waals surface area contributed by atoms with Crippen LogP contribution in [0.3, 0.4) is 0 Å². The number of nitro groups is 1. The Bertz CT molecular complexity index is 617. The van der Waals surface area contributed by atoms with E-state index in [1.54, 1.807) is 0 Å². The summed E-state index contributed by atoms with van der Waals surface area (Å²) in [5.74, 6) is -1.79. The Morgan fingerprint density at radius 1 is 1.30 bits per heavy atom. The highest BCUT2D eigenvalue weighted by molar-refractivity contribution is 5.95. The number of nitrogens with one attached hydrogen (secondary N) is 1. The Morgan fingerprint density at radius 2 is 1.96 bits per heavy atom. The summed E-state index contributed by atoms with van der Waals surface area (Å²) in [5.41, 5.74) is -2.61. The maximum atomic E-state index is 12.5. The summed E-state index contributed by atoms with van der Waals surface area (Å²) < 4.78 is 46.5. The number of amides is 1. The molecule has 0 aliphatic heterocycles. The lowest BCUT2D eigenvalue weighted by Gasteiger charge is -2.10. The van der Waals surface area contributed by atoms with Crippen molar-refractivity contribution in [2.75, 3.05) is 25.6 Å². The number of esters is 1. The van der Waals surface area contributed by atoms with E-state index in [0.29, 0.717) is 12.1 Å². The van der Waals surface area contributed by atoms with Crippen molar-refractivity contribution in [2.24, 2.45) is 0 Å². The van der Waals surface area contributed by atoms with Crippen molar-refractivity contribution in [3.8, 4) is 0 Å². The number of hydrogen-bond donors (Lipinski definition) is 1. The first-order valence-electron chi connectivity index (χ1n) is 5.95. The number of nitrogens with zero attached hydrogens (tertiary/aromatic N) is 1. The Kier molecular flexibility index (Phi) is 6.02. The summed E-state index contributed by atoms with van der Waals surface area (Å²) in [4.78, 5) is 32.2. The molecular formula is C12H11F3N2O6. The van der Waals surface area contributed by atoms with Gasteiger partial charge in [0, 0.05) is 13.2 Å². The molecule has 0 bridgehead atoms. The van der Waals surface area contributed by atoms with Crippen LogP contribution < -0.4 is 5.32 Å². The normalized spacial score (nSPS) is 11.0. The fourth-order valence-electron chi connectivity index (χ4n) is 1.46. The van der Waals surface area contributed by atoms with Gasteiger partial charge in [-0.1, -0.05) is 0 Å². The predicted molar refractivity (Wildman–Crippen MR) is 69.6 cm³/mol. The fraction of sp³-hybridized carbons (Fsp3) is 0.333. The van der Waals surface area contributed by atoms with E-state index < -0.39 is 53.1 Å². The van der Waals surface area contributed by atoms with E-state index >= 15 is 0 Å². The van der Waals surface area contributed by atoms with E-state index in [9.17, 15) is 32.9 Å². The molecule has 0 aliphatic rings. The molecule has 0 spiro atoms. The highest BCUT2D eigenvalue weighted by Crippen LogP contribution is 2.34. The van der Waals surface area contributed by atoms with E-state index in [1.807, 2.05) is 5.32 Å². The van der Waals surface area contributed by atoms with E-state index in [4.69, 9.17) is 0 Å². The molecule has 0 atom stereocenters. The van der Waals surface area contributed by atoms with Gasteiger partial charge in [-0.3, -0.25) is 14.9 Å². The van der Waals surface area contributed by atoms with Crippen molar-refractivity contribution < 1.29 is 37.2 Å². The molecule has 11 heteroatoms. The van der Waals surface area contributed by atoms with E-state index in [1.165, 1.54) is 7.11 Å². The summed E-state index contributed by atoms with van der Waals surface area (Å²) in [6, 6.07) is 1.63. The van der Waals surface area contributed by atoms with Crippen molar-refractivity contribution in [3.63, 3.8) is 0 Å². The molecular weight excluding hydrogens is 325 g/mol. The number of carbonyl (C=O) groups excluding carboxylic acids is 2. The number of carbonyl (C=O) groups is 2. The average molecular weight is 336 g/mol. The summed E-state index contributed by atoms with van der Waals surface area (Å²) in [5, 5.41) is 12.8. The number of halogens is 3. The summed E-state index contributed by atoms with van der Waals surface area (Å²) >= 11 is 0. The Labute approximate surface area is 127 Å². The molecule has 1 amide bonds. The molecule has 0 saturated carbocycles. The number of ether oxygens (including phenoxy) is 2. The van der Waals surface area contributed by atoms with Gasteiger partial charge in [0.1, 0.15) is 12.3 Å². The molecule has 8 nitrogen and oxygen atoms in total. The SMILES string of the molecule is COCC(=O)OCC(=O)Nc1ccc(C(F)(F)F)cc1[N+](=O)[O-]. The van der Waals surface area contributed by atoms with E-state index in [-0.39, 0.29) is 0 Å². The van der Waals surface area contributed by atoms with Gasteiger partial charge in [-0.05, 0) is 12.1 Å². The van der Waals surface area contributed by atoms with Crippen LogP contribution in [0.1, 0.15) is 5.56 Å². The van der Waals surface area contributed by atoms with Crippen LogP contribution in [-0.2, 0) is 25.2 Å². The van der Waals surface area contributed by atoms with Crippen molar-refractivity contribution in [2.45, 2.75) is 6.18 Å². The molecule has 126 valence electrons. The maximum Gasteiger partial charge on any atom is 0.416 e. The molecule has 0 saturated heterocycles. The zero-order chi connectivity index (χ0) is 17.6. The van der Waals surface area contributed by atoms with Crippen LogP contribution in [0, 0.1) is 10.1 Å². The van der Waals surface area contributed by atoms with Gasteiger partial charge in [-0.2, -0.15) is 13.2 Å². The molecule has 23 heavy (non-hydrogen) atoms. The first-order chi connectivity index (χ1) is 10.6. The van der Waals surface area contributed by atoms with Crippen LogP contribution in [0.4, 0.5) is 24.5 Å². The Hall–Kier alpha value is -2.69. The largest absolute Gasteiger partial charge is 0.454 e. The zero-order valence-electron chi connectivity index (χ0n) is 11.7. The Morgan fingerprint density at radius 3 is 2.48 bits per heavy atom. The molecule has 0 fully saturated rings. The number of methoxy groups -OCH3 is 1. The van der Waals surface area contributed by atoms with Gasteiger partial charge in [-0.25, -0.2) is 4.79 Å². The molecule has 0 unspecified atom stereocenters. The number of anilines is 1. The van der Waals surface area contributed by atoms with Crippen LogP contribution in [0.25, 0.3) is 0 Å². The van der Waals surface area contributed by atoms with Crippen LogP contribution in [0.15, 0.2) is 18.2 Å². The van der Waals surface area contributed by atoms with Crippen LogP contribution >= 0.6 is 0 Å².